The molecule has 1 amide bonds. The molecule has 0 saturated carbocycles. The third-order valence-electron chi connectivity index (χ3n) is 4.17. The second-order valence-electron chi connectivity index (χ2n) is 5.95. The van der Waals surface area contributed by atoms with Gasteiger partial charge in [-0.3, -0.25) is 14.4 Å². The number of nitrogens with zero attached hydrogens (tertiary/aromatic N) is 1. The van der Waals surface area contributed by atoms with Gasteiger partial charge in [-0.1, -0.05) is 24.6 Å². The number of Topliss-reactive ketones (excluding diaryl/α,β-unsaturated/α-hetero) is 1. The fourth-order valence-corrected chi connectivity index (χ4v) is 3.00. The Morgan fingerprint density at radius 3 is 2.48 bits per heavy atom. The van der Waals surface area contributed by atoms with Crippen molar-refractivity contribution in [2.24, 2.45) is 0 Å². The highest BCUT2D eigenvalue weighted by molar-refractivity contribution is 6.08. The average molecular weight is 349 g/mol. The van der Waals surface area contributed by atoms with Crippen molar-refractivity contribution >= 4 is 17.7 Å². The van der Waals surface area contributed by atoms with Crippen LogP contribution in [0.2, 0.25) is 0 Å². The molecule has 0 unspecified atom stereocenters. The van der Waals surface area contributed by atoms with Gasteiger partial charge in [-0.25, -0.2) is 4.39 Å². The van der Waals surface area contributed by atoms with Crippen LogP contribution < -0.4 is 0 Å². The second-order valence-corrected chi connectivity index (χ2v) is 5.95. The van der Waals surface area contributed by atoms with Gasteiger partial charge in [0.1, 0.15) is 5.82 Å². The van der Waals surface area contributed by atoms with Gasteiger partial charge in [-0.05, 0) is 25.8 Å². The van der Waals surface area contributed by atoms with E-state index in [1.165, 1.54) is 30.0 Å². The smallest absolute Gasteiger partial charge is 0.303 e. The Morgan fingerprint density at radius 1 is 1.20 bits per heavy atom. The summed E-state index contributed by atoms with van der Waals surface area (Å²) in [6, 6.07) is 4.85. The minimum absolute atomic E-state index is 0.0346. The van der Waals surface area contributed by atoms with Crippen molar-refractivity contribution in [3.05, 3.63) is 47.0 Å². The van der Waals surface area contributed by atoms with E-state index in [9.17, 15) is 23.9 Å². The van der Waals surface area contributed by atoms with Crippen LogP contribution >= 0.6 is 0 Å². The Balaban J connectivity index is 2.22. The molecule has 0 bridgehead atoms. The number of benzene rings is 1. The molecule has 1 atom stereocenters. The monoisotopic (exact) mass is 349 g/mol. The molecule has 0 radical (unpaired) electrons. The van der Waals surface area contributed by atoms with Crippen molar-refractivity contribution in [2.45, 2.75) is 38.6 Å². The summed E-state index contributed by atoms with van der Waals surface area (Å²) in [5, 5.41) is 18.7. The number of rotatable bonds is 8. The molecule has 6 nitrogen and oxygen atoms in total. The summed E-state index contributed by atoms with van der Waals surface area (Å²) in [6.07, 6.45) is 1.55. The maximum absolute atomic E-state index is 14.2. The highest BCUT2D eigenvalue weighted by atomic mass is 19.1. The zero-order chi connectivity index (χ0) is 18.6. The van der Waals surface area contributed by atoms with E-state index >= 15 is 0 Å². The number of amides is 1. The number of carbonyl (C=O) groups is 3. The first-order valence-corrected chi connectivity index (χ1v) is 8.05. The van der Waals surface area contributed by atoms with Crippen molar-refractivity contribution in [1.29, 1.82) is 0 Å². The lowest BCUT2D eigenvalue weighted by molar-refractivity contribution is -0.137. The van der Waals surface area contributed by atoms with Crippen LogP contribution in [0.5, 0.6) is 0 Å². The third kappa shape index (κ3) is 4.04. The van der Waals surface area contributed by atoms with Gasteiger partial charge in [-0.15, -0.1) is 0 Å². The summed E-state index contributed by atoms with van der Waals surface area (Å²) in [5.41, 5.74) is 0.0382. The van der Waals surface area contributed by atoms with Crippen LogP contribution in [-0.2, 0) is 14.4 Å². The summed E-state index contributed by atoms with van der Waals surface area (Å²) < 4.78 is 14.2. The number of hydrogen-bond acceptors (Lipinski definition) is 4. The van der Waals surface area contributed by atoms with Crippen molar-refractivity contribution in [1.82, 2.24) is 4.90 Å². The van der Waals surface area contributed by atoms with Gasteiger partial charge in [0.2, 0.25) is 0 Å². The number of carboxylic acids is 1. The van der Waals surface area contributed by atoms with Crippen LogP contribution in [0.25, 0.3) is 0 Å². The Kier molecular flexibility index (Phi) is 5.90. The van der Waals surface area contributed by atoms with Crippen LogP contribution in [0.15, 0.2) is 35.6 Å². The van der Waals surface area contributed by atoms with Crippen LogP contribution in [0.1, 0.15) is 44.2 Å². The SMILES string of the molecule is CC(=O)C1=C(O)C(=O)N(CCCCCC(=O)O)[C@H]1c1ccccc1F. The summed E-state index contributed by atoms with van der Waals surface area (Å²) in [4.78, 5) is 36.0. The van der Waals surface area contributed by atoms with Crippen LogP contribution in [0.3, 0.4) is 0 Å². The van der Waals surface area contributed by atoms with E-state index in [-0.39, 0.29) is 24.1 Å². The fourth-order valence-electron chi connectivity index (χ4n) is 3.00. The first kappa shape index (κ1) is 18.6. The van der Waals surface area contributed by atoms with Gasteiger partial charge in [0.15, 0.2) is 11.5 Å². The quantitative estimate of drug-likeness (QED) is 0.704. The number of ketones is 1. The van der Waals surface area contributed by atoms with E-state index in [1.807, 2.05) is 0 Å². The number of halogens is 1. The topological polar surface area (TPSA) is 94.9 Å². The predicted molar refractivity (Wildman–Crippen MR) is 87.3 cm³/mol. The molecule has 7 heteroatoms. The lowest BCUT2D eigenvalue weighted by Crippen LogP contribution is -2.32. The minimum Gasteiger partial charge on any atom is -0.503 e. The first-order chi connectivity index (χ1) is 11.8. The molecule has 1 aromatic carbocycles. The van der Waals surface area contributed by atoms with E-state index in [4.69, 9.17) is 5.11 Å². The Bertz CT molecular complexity index is 728. The molecule has 25 heavy (non-hydrogen) atoms. The van der Waals surface area contributed by atoms with Gasteiger partial charge >= 0.3 is 5.97 Å². The summed E-state index contributed by atoms with van der Waals surface area (Å²) in [5.74, 6) is -3.31. The molecule has 0 aliphatic carbocycles. The fraction of sp³-hybridized carbons (Fsp3) is 0.389. The average Bonchev–Trinajstić information content (AvgIpc) is 2.79. The number of aliphatic hydroxyl groups excluding tert-OH is 1. The number of aliphatic hydroxyl groups is 1. The third-order valence-corrected chi connectivity index (χ3v) is 4.17. The van der Waals surface area contributed by atoms with Crippen LogP contribution in [0.4, 0.5) is 4.39 Å². The zero-order valence-electron chi connectivity index (χ0n) is 13.9. The molecule has 2 N–H and O–H groups in total. The lowest BCUT2D eigenvalue weighted by Gasteiger charge is -2.26. The van der Waals surface area contributed by atoms with Crippen LogP contribution in [-0.4, -0.2) is 39.3 Å². The van der Waals surface area contributed by atoms with Gasteiger partial charge in [-0.2, -0.15) is 0 Å². The van der Waals surface area contributed by atoms with Gasteiger partial charge < -0.3 is 15.1 Å². The van der Waals surface area contributed by atoms with Gasteiger partial charge in [0.05, 0.1) is 11.6 Å². The zero-order valence-corrected chi connectivity index (χ0v) is 13.9. The standard InChI is InChI=1S/C18H20FNO5/c1-11(21)15-16(12-7-4-5-8-13(12)19)20(18(25)17(15)24)10-6-2-3-9-14(22)23/h4-5,7-8,16,24H,2-3,6,9-10H2,1H3,(H,22,23)/t16-/m0/s1. The lowest BCUT2D eigenvalue weighted by atomic mass is 9.96. The summed E-state index contributed by atoms with van der Waals surface area (Å²) in [6.45, 7) is 1.42. The maximum atomic E-state index is 14.2. The molecule has 0 fully saturated rings. The van der Waals surface area contributed by atoms with E-state index in [0.717, 1.165) is 0 Å². The molecule has 0 saturated heterocycles. The Labute approximate surface area is 144 Å². The Hall–Kier alpha value is -2.70. The van der Waals surface area contributed by atoms with E-state index < -0.39 is 35.3 Å². The van der Waals surface area contributed by atoms with Crippen molar-refractivity contribution in [3.63, 3.8) is 0 Å². The predicted octanol–water partition coefficient (Wildman–Crippen LogP) is 2.76. The molecule has 0 spiro atoms. The highest BCUT2D eigenvalue weighted by Gasteiger charge is 2.42. The number of carbonyl (C=O) groups excluding carboxylic acids is 2. The number of carboxylic acid groups (broad SMARTS) is 1. The number of aliphatic carboxylic acids is 1. The summed E-state index contributed by atoms with van der Waals surface area (Å²) in [7, 11) is 0. The maximum Gasteiger partial charge on any atom is 0.303 e. The number of hydrogen-bond donors (Lipinski definition) is 2. The van der Waals surface area contributed by atoms with Gasteiger partial charge in [0, 0.05) is 18.5 Å². The molecule has 1 aliphatic heterocycles. The molecule has 1 aliphatic rings. The highest BCUT2D eigenvalue weighted by Crippen LogP contribution is 2.38. The molecule has 1 aromatic rings. The molecule has 1 heterocycles. The van der Waals surface area contributed by atoms with E-state index in [2.05, 4.69) is 0 Å². The molecule has 134 valence electrons. The second kappa shape index (κ2) is 7.92. The van der Waals surface area contributed by atoms with E-state index in [1.54, 1.807) is 6.07 Å². The normalized spacial score (nSPS) is 17.3. The van der Waals surface area contributed by atoms with Crippen LogP contribution in [0, 0.1) is 5.82 Å². The van der Waals surface area contributed by atoms with E-state index in [0.29, 0.717) is 19.3 Å². The first-order valence-electron chi connectivity index (χ1n) is 8.05. The van der Waals surface area contributed by atoms with Crippen molar-refractivity contribution in [3.8, 4) is 0 Å². The molecular formula is C18H20FNO5. The molecule has 0 aromatic heterocycles. The van der Waals surface area contributed by atoms with Crippen molar-refractivity contribution in [2.75, 3.05) is 6.54 Å². The minimum atomic E-state index is -0.967. The van der Waals surface area contributed by atoms with Crippen molar-refractivity contribution < 1.29 is 29.0 Å². The largest absolute Gasteiger partial charge is 0.503 e. The summed E-state index contributed by atoms with van der Waals surface area (Å²) >= 11 is 0. The van der Waals surface area contributed by atoms with Gasteiger partial charge in [0.25, 0.3) is 5.91 Å². The molecular weight excluding hydrogens is 329 g/mol. The Morgan fingerprint density at radius 2 is 1.88 bits per heavy atom. The number of unbranched alkanes of at least 4 members (excludes halogenated alkanes) is 2. The molecule has 2 rings (SSSR count).